The molecule has 2 atom stereocenters. The molecule has 3 nitrogen and oxygen atoms in total. The van der Waals surface area contributed by atoms with Crippen LogP contribution < -0.4 is 0 Å². The molecule has 1 aliphatic heterocycles. The van der Waals surface area contributed by atoms with E-state index in [9.17, 15) is 9.59 Å². The highest BCUT2D eigenvalue weighted by Crippen LogP contribution is 2.38. The Kier molecular flexibility index (Phi) is 3.43. The molecule has 2 unspecified atom stereocenters. The van der Waals surface area contributed by atoms with Gasteiger partial charge in [0, 0.05) is 12.5 Å². The monoisotopic (exact) mass is 239 g/mol. The van der Waals surface area contributed by atoms with Crippen LogP contribution in [0.5, 0.6) is 0 Å². The van der Waals surface area contributed by atoms with E-state index in [0.29, 0.717) is 6.42 Å². The zero-order valence-electron chi connectivity index (χ0n) is 12.1. The van der Waals surface area contributed by atoms with E-state index < -0.39 is 0 Å². The number of rotatable bonds is 1. The second kappa shape index (κ2) is 4.11. The Morgan fingerprint density at radius 3 is 1.88 bits per heavy atom. The smallest absolute Gasteiger partial charge is 0.233 e. The van der Waals surface area contributed by atoms with Crippen LogP contribution in [0.1, 0.15) is 54.9 Å². The summed E-state index contributed by atoms with van der Waals surface area (Å²) in [6, 6.07) is -0.0464. The summed E-state index contributed by atoms with van der Waals surface area (Å²) >= 11 is 0. The van der Waals surface area contributed by atoms with Crippen LogP contribution in [0.25, 0.3) is 0 Å². The first-order valence-corrected chi connectivity index (χ1v) is 6.32. The van der Waals surface area contributed by atoms with Gasteiger partial charge in [-0.2, -0.15) is 0 Å². The van der Waals surface area contributed by atoms with Crippen LogP contribution in [0, 0.1) is 16.7 Å². The maximum Gasteiger partial charge on any atom is 0.233 e. The van der Waals surface area contributed by atoms with Gasteiger partial charge in [0.05, 0.1) is 5.92 Å². The van der Waals surface area contributed by atoms with Crippen molar-refractivity contribution in [2.45, 2.75) is 60.9 Å². The van der Waals surface area contributed by atoms with Crippen molar-refractivity contribution < 1.29 is 9.59 Å². The van der Waals surface area contributed by atoms with Crippen LogP contribution in [-0.4, -0.2) is 22.8 Å². The standard InChI is InChI=1S/C14H25NO2/c1-9(13(2,3)4)15-11(16)8-10(12(15)17)14(5,6)7/h9-10H,8H2,1-7H3. The van der Waals surface area contributed by atoms with Crippen LogP contribution >= 0.6 is 0 Å². The summed E-state index contributed by atoms with van der Waals surface area (Å²) in [6.45, 7) is 14.2. The Morgan fingerprint density at radius 1 is 1.12 bits per heavy atom. The van der Waals surface area contributed by atoms with Crippen molar-refractivity contribution in [1.29, 1.82) is 0 Å². The van der Waals surface area contributed by atoms with Gasteiger partial charge in [-0.1, -0.05) is 41.5 Å². The van der Waals surface area contributed by atoms with Crippen molar-refractivity contribution in [1.82, 2.24) is 4.90 Å². The lowest BCUT2D eigenvalue weighted by Gasteiger charge is -2.35. The molecule has 0 N–H and O–H groups in total. The van der Waals surface area contributed by atoms with Crippen LogP contribution in [0.4, 0.5) is 0 Å². The van der Waals surface area contributed by atoms with Gasteiger partial charge in [-0.3, -0.25) is 14.5 Å². The van der Waals surface area contributed by atoms with Crippen LogP contribution in [-0.2, 0) is 9.59 Å². The molecule has 0 aromatic carbocycles. The lowest BCUT2D eigenvalue weighted by molar-refractivity contribution is -0.145. The minimum absolute atomic E-state index is 0.00456. The molecular weight excluding hydrogens is 214 g/mol. The largest absolute Gasteiger partial charge is 0.279 e. The average molecular weight is 239 g/mol. The van der Waals surface area contributed by atoms with Crippen molar-refractivity contribution in [3.8, 4) is 0 Å². The number of amides is 2. The number of likely N-dealkylation sites (tertiary alicyclic amines) is 1. The maximum atomic E-state index is 12.4. The molecular formula is C14H25NO2. The molecule has 98 valence electrons. The van der Waals surface area contributed by atoms with E-state index in [1.807, 2.05) is 27.7 Å². The zero-order chi connectivity index (χ0) is 13.6. The molecule has 2 amide bonds. The first kappa shape index (κ1) is 14.2. The molecule has 0 bridgehead atoms. The third kappa shape index (κ3) is 2.70. The van der Waals surface area contributed by atoms with Gasteiger partial charge in [-0.25, -0.2) is 0 Å². The van der Waals surface area contributed by atoms with Crippen LogP contribution in [0.15, 0.2) is 0 Å². The number of nitrogens with zero attached hydrogens (tertiary/aromatic N) is 1. The molecule has 3 heteroatoms. The van der Waals surface area contributed by atoms with Crippen molar-refractivity contribution >= 4 is 11.8 Å². The predicted molar refractivity (Wildman–Crippen MR) is 68.3 cm³/mol. The van der Waals surface area contributed by atoms with Crippen molar-refractivity contribution in [2.24, 2.45) is 16.7 Å². The van der Waals surface area contributed by atoms with Crippen LogP contribution in [0.3, 0.4) is 0 Å². The van der Waals surface area contributed by atoms with E-state index in [0.717, 1.165) is 0 Å². The summed E-state index contributed by atoms with van der Waals surface area (Å²) in [5.41, 5.74) is -0.211. The summed E-state index contributed by atoms with van der Waals surface area (Å²) in [5.74, 6) is -0.179. The highest BCUT2D eigenvalue weighted by Gasteiger charge is 2.48. The molecule has 0 radical (unpaired) electrons. The predicted octanol–water partition coefficient (Wildman–Crippen LogP) is 2.84. The minimum Gasteiger partial charge on any atom is -0.279 e. The first-order chi connectivity index (χ1) is 7.46. The molecule has 1 saturated heterocycles. The molecule has 0 aromatic heterocycles. The Balaban J connectivity index is 2.98. The fraction of sp³-hybridized carbons (Fsp3) is 0.857. The van der Waals surface area contributed by atoms with Crippen molar-refractivity contribution in [2.75, 3.05) is 0 Å². The first-order valence-electron chi connectivity index (χ1n) is 6.32. The van der Waals surface area contributed by atoms with Gasteiger partial charge in [0.2, 0.25) is 11.8 Å². The number of carbonyl (C=O) groups is 2. The summed E-state index contributed by atoms with van der Waals surface area (Å²) < 4.78 is 0. The SMILES string of the molecule is CC(N1C(=O)CC(C(C)(C)C)C1=O)C(C)(C)C. The number of hydrogen-bond donors (Lipinski definition) is 0. The summed E-state index contributed by atoms with van der Waals surface area (Å²) in [5, 5.41) is 0. The maximum absolute atomic E-state index is 12.4. The van der Waals surface area contributed by atoms with Crippen molar-refractivity contribution in [3.63, 3.8) is 0 Å². The molecule has 0 aliphatic carbocycles. The summed E-state index contributed by atoms with van der Waals surface area (Å²) in [4.78, 5) is 25.9. The molecule has 0 saturated carbocycles. The quantitative estimate of drug-likeness (QED) is 0.660. The molecule has 0 aromatic rings. The second-order valence-electron chi connectivity index (χ2n) is 7.27. The molecule has 1 heterocycles. The van der Waals surface area contributed by atoms with Gasteiger partial charge in [-0.05, 0) is 17.8 Å². The van der Waals surface area contributed by atoms with Crippen molar-refractivity contribution in [3.05, 3.63) is 0 Å². The van der Waals surface area contributed by atoms with Gasteiger partial charge < -0.3 is 0 Å². The third-order valence-electron chi connectivity index (χ3n) is 3.87. The highest BCUT2D eigenvalue weighted by atomic mass is 16.2. The zero-order valence-corrected chi connectivity index (χ0v) is 12.1. The van der Waals surface area contributed by atoms with Gasteiger partial charge in [-0.15, -0.1) is 0 Å². The Morgan fingerprint density at radius 2 is 1.59 bits per heavy atom. The Hall–Kier alpha value is -0.860. The fourth-order valence-corrected chi connectivity index (χ4v) is 2.12. The van der Waals surface area contributed by atoms with E-state index in [4.69, 9.17) is 0 Å². The number of imide groups is 1. The van der Waals surface area contributed by atoms with Gasteiger partial charge >= 0.3 is 0 Å². The normalized spacial score (nSPS) is 24.4. The number of carbonyl (C=O) groups excluding carboxylic acids is 2. The average Bonchev–Trinajstić information content (AvgIpc) is 2.38. The summed E-state index contributed by atoms with van der Waals surface area (Å²) in [7, 11) is 0. The highest BCUT2D eigenvalue weighted by molar-refractivity contribution is 6.04. The van der Waals surface area contributed by atoms with E-state index in [1.54, 1.807) is 0 Å². The molecule has 0 spiro atoms. The molecule has 1 rings (SSSR count). The lowest BCUT2D eigenvalue weighted by atomic mass is 9.79. The molecule has 1 fully saturated rings. The minimum atomic E-state index is -0.167. The Bertz CT molecular complexity index is 333. The number of hydrogen-bond acceptors (Lipinski definition) is 2. The molecule has 17 heavy (non-hydrogen) atoms. The van der Waals surface area contributed by atoms with E-state index in [-0.39, 0.29) is 34.6 Å². The van der Waals surface area contributed by atoms with E-state index >= 15 is 0 Å². The fourth-order valence-electron chi connectivity index (χ4n) is 2.12. The van der Waals surface area contributed by atoms with Gasteiger partial charge in [0.15, 0.2) is 0 Å². The topological polar surface area (TPSA) is 37.4 Å². The van der Waals surface area contributed by atoms with Crippen LogP contribution in [0.2, 0.25) is 0 Å². The lowest BCUT2D eigenvalue weighted by Crippen LogP contribution is -2.46. The van der Waals surface area contributed by atoms with Gasteiger partial charge in [0.25, 0.3) is 0 Å². The van der Waals surface area contributed by atoms with E-state index in [2.05, 4.69) is 20.8 Å². The van der Waals surface area contributed by atoms with Gasteiger partial charge in [0.1, 0.15) is 0 Å². The third-order valence-corrected chi connectivity index (χ3v) is 3.87. The summed E-state index contributed by atoms with van der Waals surface area (Å²) in [6.07, 6.45) is 0.364. The molecule has 1 aliphatic rings. The van der Waals surface area contributed by atoms with E-state index in [1.165, 1.54) is 4.90 Å². The Labute approximate surface area is 105 Å². The second-order valence-corrected chi connectivity index (χ2v) is 7.27.